The van der Waals surface area contributed by atoms with Crippen molar-refractivity contribution in [3.63, 3.8) is 0 Å². The number of ether oxygens (including phenoxy) is 3. The van der Waals surface area contributed by atoms with Crippen molar-refractivity contribution >= 4 is 12.1 Å². The molecule has 202 valence electrons. The number of carbonyl (C=O) groups excluding carboxylic acids is 2. The van der Waals surface area contributed by atoms with Gasteiger partial charge in [-0.25, -0.2) is 9.48 Å². The van der Waals surface area contributed by atoms with Crippen LogP contribution >= 0.6 is 0 Å². The smallest absolute Gasteiger partial charge is 0.410 e. The monoisotopic (exact) mass is 519 g/mol. The molecule has 0 saturated carbocycles. The van der Waals surface area contributed by atoms with Crippen LogP contribution < -0.4 is 4.74 Å². The first-order valence-electron chi connectivity index (χ1n) is 13.0. The van der Waals surface area contributed by atoms with Gasteiger partial charge < -0.3 is 19.1 Å². The Kier molecular flexibility index (Phi) is 8.09. The van der Waals surface area contributed by atoms with Crippen molar-refractivity contribution in [3.8, 4) is 22.7 Å². The highest BCUT2D eigenvalue weighted by Gasteiger charge is 2.32. The molecule has 38 heavy (non-hydrogen) atoms. The van der Waals surface area contributed by atoms with Gasteiger partial charge in [-0.2, -0.15) is 5.10 Å². The van der Waals surface area contributed by atoms with E-state index < -0.39 is 5.60 Å². The number of piperidine rings is 1. The zero-order chi connectivity index (χ0) is 27.4. The van der Waals surface area contributed by atoms with Gasteiger partial charge in [-0.15, -0.1) is 0 Å². The lowest BCUT2D eigenvalue weighted by Gasteiger charge is -2.33. The molecule has 1 aliphatic rings. The summed E-state index contributed by atoms with van der Waals surface area (Å²) in [6.07, 6.45) is 1.18. The van der Waals surface area contributed by atoms with Crippen molar-refractivity contribution in [2.75, 3.05) is 20.2 Å². The first-order valence-corrected chi connectivity index (χ1v) is 13.0. The van der Waals surface area contributed by atoms with Crippen molar-refractivity contribution in [3.05, 3.63) is 65.4 Å². The van der Waals surface area contributed by atoms with Crippen LogP contribution in [0.15, 0.2) is 48.5 Å². The molecule has 0 aliphatic carbocycles. The number of carbonyl (C=O) groups is 2. The predicted molar refractivity (Wildman–Crippen MR) is 146 cm³/mol. The predicted octanol–water partition coefficient (Wildman–Crippen LogP) is 6.03. The molecule has 1 aliphatic heterocycles. The molecule has 0 spiro atoms. The van der Waals surface area contributed by atoms with Gasteiger partial charge in [0.1, 0.15) is 18.0 Å². The topological polar surface area (TPSA) is 82.9 Å². The third-order valence-corrected chi connectivity index (χ3v) is 6.61. The Morgan fingerprint density at radius 2 is 1.63 bits per heavy atom. The molecule has 0 atom stereocenters. The van der Waals surface area contributed by atoms with E-state index in [2.05, 4.69) is 24.3 Å². The minimum atomic E-state index is -0.536. The molecular formula is C30H37N3O5. The van der Waals surface area contributed by atoms with Gasteiger partial charge in [0, 0.05) is 37.1 Å². The maximum atomic E-state index is 12.6. The van der Waals surface area contributed by atoms with E-state index in [0.717, 1.165) is 52.4 Å². The molecular weight excluding hydrogens is 482 g/mol. The molecule has 0 N–H and O–H groups in total. The van der Waals surface area contributed by atoms with Gasteiger partial charge in [0.25, 0.3) is 0 Å². The molecule has 3 aromatic rings. The van der Waals surface area contributed by atoms with Crippen LogP contribution in [0.3, 0.4) is 0 Å². The van der Waals surface area contributed by atoms with Gasteiger partial charge in [0.05, 0.1) is 24.2 Å². The van der Waals surface area contributed by atoms with E-state index in [1.54, 1.807) is 12.0 Å². The highest BCUT2D eigenvalue weighted by atomic mass is 16.6. The molecule has 2 aromatic carbocycles. The third-order valence-electron chi connectivity index (χ3n) is 6.61. The van der Waals surface area contributed by atoms with Crippen LogP contribution in [0.1, 0.15) is 63.3 Å². The normalized spacial score (nSPS) is 14.3. The Bertz CT molecular complexity index is 1260. The number of esters is 1. The summed E-state index contributed by atoms with van der Waals surface area (Å²) in [6.45, 7) is 10.3. The Hall–Kier alpha value is -3.81. The number of rotatable bonds is 6. The fourth-order valence-corrected chi connectivity index (χ4v) is 4.69. The minimum absolute atomic E-state index is 0.0999. The van der Waals surface area contributed by atoms with Gasteiger partial charge in [0.2, 0.25) is 0 Å². The van der Waals surface area contributed by atoms with Crippen molar-refractivity contribution in [1.29, 1.82) is 0 Å². The van der Waals surface area contributed by atoms with E-state index in [4.69, 9.17) is 19.3 Å². The molecule has 8 heteroatoms. The zero-order valence-corrected chi connectivity index (χ0v) is 23.1. The summed E-state index contributed by atoms with van der Waals surface area (Å²) in [5.41, 5.74) is 5.14. The van der Waals surface area contributed by atoms with Crippen molar-refractivity contribution in [2.24, 2.45) is 0 Å². The molecule has 4 rings (SSSR count). The lowest BCUT2D eigenvalue weighted by Crippen LogP contribution is -2.41. The Labute approximate surface area is 224 Å². The summed E-state index contributed by atoms with van der Waals surface area (Å²) in [4.78, 5) is 26.2. The molecule has 1 fully saturated rings. The fraction of sp³-hybridized carbons (Fsp3) is 0.433. The van der Waals surface area contributed by atoms with E-state index in [9.17, 15) is 9.59 Å². The molecule has 0 radical (unpaired) electrons. The second kappa shape index (κ2) is 11.3. The van der Waals surface area contributed by atoms with E-state index >= 15 is 0 Å². The highest BCUT2D eigenvalue weighted by molar-refractivity contribution is 5.70. The molecule has 0 bridgehead atoms. The van der Waals surface area contributed by atoms with E-state index in [-0.39, 0.29) is 24.6 Å². The lowest BCUT2D eigenvalue weighted by molar-refractivity contribution is -0.142. The summed E-state index contributed by atoms with van der Waals surface area (Å²) in [7, 11) is 1.64. The number of nitrogens with zero attached hydrogens (tertiary/aromatic N) is 3. The summed E-state index contributed by atoms with van der Waals surface area (Å²) >= 11 is 0. The van der Waals surface area contributed by atoms with Crippen LogP contribution in [0.25, 0.3) is 16.9 Å². The summed E-state index contributed by atoms with van der Waals surface area (Å²) in [5.74, 6) is 0.512. The van der Waals surface area contributed by atoms with E-state index in [1.165, 1.54) is 6.92 Å². The Balaban J connectivity index is 1.75. The number of methoxy groups -OCH3 is 1. The van der Waals surface area contributed by atoms with Crippen LogP contribution in [-0.2, 0) is 20.9 Å². The highest BCUT2D eigenvalue weighted by Crippen LogP contribution is 2.37. The summed E-state index contributed by atoms with van der Waals surface area (Å²) in [6, 6.07) is 16.0. The standard InChI is InChI=1S/C30H37N3O5/c1-20-7-9-23(10-8-20)28-26(19-37-21(2)34)27(31-33(28)24-11-13-25(36-6)14-12-24)22-15-17-32(18-16-22)29(35)38-30(3,4)5/h7-14,22H,15-19H2,1-6H3. The van der Waals surface area contributed by atoms with Gasteiger partial charge in [-0.1, -0.05) is 29.8 Å². The zero-order valence-electron chi connectivity index (χ0n) is 23.1. The number of aromatic nitrogens is 2. The maximum Gasteiger partial charge on any atom is 0.410 e. The van der Waals surface area contributed by atoms with Gasteiger partial charge >= 0.3 is 12.1 Å². The average Bonchev–Trinajstić information content (AvgIpc) is 3.26. The number of likely N-dealkylation sites (tertiary alicyclic amines) is 1. The number of aryl methyl sites for hydroxylation is 1. The number of amides is 1. The number of hydrogen-bond donors (Lipinski definition) is 0. The lowest BCUT2D eigenvalue weighted by atomic mass is 9.90. The van der Waals surface area contributed by atoms with Gasteiger partial charge in [0.15, 0.2) is 0 Å². The largest absolute Gasteiger partial charge is 0.497 e. The molecule has 0 unspecified atom stereocenters. The third kappa shape index (κ3) is 6.36. The Morgan fingerprint density at radius 1 is 1.00 bits per heavy atom. The van der Waals surface area contributed by atoms with Gasteiger partial charge in [-0.3, -0.25) is 4.79 Å². The SMILES string of the molecule is COc1ccc(-n2nc(C3CCN(C(=O)OC(C)(C)C)CC3)c(COC(C)=O)c2-c2ccc(C)cc2)cc1. The number of benzene rings is 2. The van der Waals surface area contributed by atoms with Crippen LogP contribution in [-0.4, -0.2) is 52.5 Å². The van der Waals surface area contributed by atoms with Crippen LogP contribution in [0.2, 0.25) is 0 Å². The molecule has 1 saturated heterocycles. The van der Waals surface area contributed by atoms with Crippen LogP contribution in [0.5, 0.6) is 5.75 Å². The average molecular weight is 520 g/mol. The van der Waals surface area contributed by atoms with E-state index in [0.29, 0.717) is 13.1 Å². The van der Waals surface area contributed by atoms with Crippen molar-refractivity contribution in [2.45, 2.75) is 65.6 Å². The second-order valence-electron chi connectivity index (χ2n) is 10.7. The number of hydrogen-bond acceptors (Lipinski definition) is 6. The molecule has 1 amide bonds. The van der Waals surface area contributed by atoms with E-state index in [1.807, 2.05) is 56.6 Å². The Morgan fingerprint density at radius 3 is 2.18 bits per heavy atom. The first kappa shape index (κ1) is 27.2. The first-order chi connectivity index (χ1) is 18.1. The van der Waals surface area contributed by atoms with Crippen LogP contribution in [0, 0.1) is 6.92 Å². The second-order valence-corrected chi connectivity index (χ2v) is 10.7. The van der Waals surface area contributed by atoms with Crippen molar-refractivity contribution < 1.29 is 23.8 Å². The quantitative estimate of drug-likeness (QED) is 0.370. The fourth-order valence-electron chi connectivity index (χ4n) is 4.69. The summed E-state index contributed by atoms with van der Waals surface area (Å²) in [5, 5.41) is 5.12. The molecule has 2 heterocycles. The minimum Gasteiger partial charge on any atom is -0.497 e. The van der Waals surface area contributed by atoms with Crippen molar-refractivity contribution in [1.82, 2.24) is 14.7 Å². The molecule has 1 aromatic heterocycles. The van der Waals surface area contributed by atoms with Gasteiger partial charge in [-0.05, 0) is 64.8 Å². The summed E-state index contributed by atoms with van der Waals surface area (Å²) < 4.78 is 18.4. The maximum absolute atomic E-state index is 12.6. The molecule has 8 nitrogen and oxygen atoms in total. The van der Waals surface area contributed by atoms with Crippen LogP contribution in [0.4, 0.5) is 4.79 Å².